The third kappa shape index (κ3) is 3.03. The lowest BCUT2D eigenvalue weighted by atomic mass is 10.5. The molecule has 0 unspecified atom stereocenters. The van der Waals surface area contributed by atoms with Gasteiger partial charge in [-0.2, -0.15) is 0 Å². The number of ether oxygens (including phenoxy) is 1. The van der Waals surface area contributed by atoms with Crippen molar-refractivity contribution < 1.29 is 9.53 Å². The summed E-state index contributed by atoms with van der Waals surface area (Å²) in [6.45, 7) is 1.72. The van der Waals surface area contributed by atoms with Gasteiger partial charge < -0.3 is 4.74 Å². The first kappa shape index (κ1) is 6.21. The Morgan fingerprint density at radius 2 is 2.29 bits per heavy atom. The number of rotatable bonds is 2. The summed E-state index contributed by atoms with van der Waals surface area (Å²) in [5.41, 5.74) is 0. The van der Waals surface area contributed by atoms with Crippen LogP contribution in [0.25, 0.3) is 0 Å². The van der Waals surface area contributed by atoms with Crippen LogP contribution in [0.1, 0.15) is 6.92 Å². The molecule has 7 heavy (non-hydrogen) atoms. The molecule has 0 rings (SSSR count). The van der Waals surface area contributed by atoms with Crippen molar-refractivity contribution in [3.8, 4) is 0 Å². The molecule has 0 aromatic carbocycles. The molecule has 2 heteroatoms. The molecule has 0 saturated carbocycles. The number of hydrogen-bond donors (Lipinski definition) is 0. The van der Waals surface area contributed by atoms with Gasteiger partial charge >= 0.3 is 0 Å². The lowest BCUT2D eigenvalue weighted by molar-refractivity contribution is -0.104. The number of carbonyl (C=O) groups excluding carboxylic acids is 1. The fourth-order valence-electron chi connectivity index (χ4n) is 0.164. The summed E-state index contributed by atoms with van der Waals surface area (Å²) in [6, 6.07) is 0. The molecule has 0 aromatic heterocycles. The fraction of sp³-hybridized carbons (Fsp3) is 0.400. The smallest absolute Gasteiger partial charge is 0.146 e. The number of aldehydes is 1. The molecule has 0 N–H and O–H groups in total. The minimum Gasteiger partial charge on any atom is -0.501 e. The Morgan fingerprint density at radius 1 is 1.71 bits per heavy atom. The molecule has 0 atom stereocenters. The van der Waals surface area contributed by atoms with E-state index in [4.69, 9.17) is 0 Å². The molecule has 0 aliphatic carbocycles. The Labute approximate surface area is 42.8 Å². The Kier molecular flexibility index (Phi) is 3.02. The van der Waals surface area contributed by atoms with Crippen molar-refractivity contribution in [3.63, 3.8) is 0 Å². The largest absolute Gasteiger partial charge is 0.501 e. The lowest BCUT2D eigenvalue weighted by Crippen LogP contribution is -1.77. The van der Waals surface area contributed by atoms with Crippen molar-refractivity contribution in [1.82, 2.24) is 0 Å². The van der Waals surface area contributed by atoms with Crippen molar-refractivity contribution in [1.29, 1.82) is 0 Å². The predicted molar refractivity (Wildman–Crippen MR) is 26.8 cm³/mol. The molecule has 0 aromatic rings. The molecule has 0 aliphatic rings. The van der Waals surface area contributed by atoms with Crippen molar-refractivity contribution in [2.24, 2.45) is 0 Å². The van der Waals surface area contributed by atoms with E-state index < -0.39 is 0 Å². The molecule has 0 saturated heterocycles. The van der Waals surface area contributed by atoms with Crippen molar-refractivity contribution in [2.75, 3.05) is 7.11 Å². The molecular weight excluding hydrogens is 92.1 g/mol. The van der Waals surface area contributed by atoms with Crippen molar-refractivity contribution in [3.05, 3.63) is 11.8 Å². The van der Waals surface area contributed by atoms with E-state index in [1.807, 2.05) is 0 Å². The lowest BCUT2D eigenvalue weighted by Gasteiger charge is -1.91. The first-order valence-corrected chi connectivity index (χ1v) is 1.97. The Bertz CT molecular complexity index is 84.1. The summed E-state index contributed by atoms with van der Waals surface area (Å²) < 4.78 is 4.62. The molecule has 0 heterocycles. The van der Waals surface area contributed by atoms with Crippen LogP contribution in [-0.4, -0.2) is 13.4 Å². The van der Waals surface area contributed by atoms with E-state index in [1.54, 1.807) is 6.92 Å². The molecule has 0 spiro atoms. The van der Waals surface area contributed by atoms with Gasteiger partial charge in [0.1, 0.15) is 6.29 Å². The zero-order valence-corrected chi connectivity index (χ0v) is 4.47. The van der Waals surface area contributed by atoms with Crippen LogP contribution in [-0.2, 0) is 9.53 Å². The maximum Gasteiger partial charge on any atom is 0.146 e. The van der Waals surface area contributed by atoms with Crippen molar-refractivity contribution >= 4 is 6.29 Å². The van der Waals surface area contributed by atoms with E-state index in [9.17, 15) is 4.79 Å². The standard InChI is InChI=1S/C5H8O2/c1-5(7-2)3-4-6/h3-4H,1-2H3/b5-3-. The van der Waals surface area contributed by atoms with Crippen LogP contribution >= 0.6 is 0 Å². The van der Waals surface area contributed by atoms with Gasteiger partial charge in [-0.3, -0.25) is 4.79 Å². The van der Waals surface area contributed by atoms with E-state index in [2.05, 4.69) is 4.74 Å². The topological polar surface area (TPSA) is 26.3 Å². The maximum atomic E-state index is 9.62. The molecule has 0 fully saturated rings. The van der Waals surface area contributed by atoms with E-state index >= 15 is 0 Å². The van der Waals surface area contributed by atoms with Crippen LogP contribution in [0.4, 0.5) is 0 Å². The van der Waals surface area contributed by atoms with Crippen LogP contribution in [0.3, 0.4) is 0 Å². The summed E-state index contributed by atoms with van der Waals surface area (Å²) in [7, 11) is 1.52. The van der Waals surface area contributed by atoms with E-state index in [-0.39, 0.29) is 0 Å². The zero-order valence-electron chi connectivity index (χ0n) is 4.47. The van der Waals surface area contributed by atoms with Gasteiger partial charge in [0.2, 0.25) is 0 Å². The van der Waals surface area contributed by atoms with E-state index in [0.29, 0.717) is 12.0 Å². The van der Waals surface area contributed by atoms with Crippen LogP contribution in [0.5, 0.6) is 0 Å². The second-order valence-electron chi connectivity index (χ2n) is 1.12. The highest BCUT2D eigenvalue weighted by molar-refractivity contribution is 5.65. The zero-order chi connectivity index (χ0) is 5.70. The first-order chi connectivity index (χ1) is 3.31. The summed E-state index contributed by atoms with van der Waals surface area (Å²) in [5.74, 6) is 0.634. The summed E-state index contributed by atoms with van der Waals surface area (Å²) in [5, 5.41) is 0. The minimum absolute atomic E-state index is 0.634. The van der Waals surface area contributed by atoms with E-state index in [0.717, 1.165) is 0 Å². The highest BCUT2D eigenvalue weighted by Gasteiger charge is 1.76. The highest BCUT2D eigenvalue weighted by Crippen LogP contribution is 1.86. The second kappa shape index (κ2) is 3.40. The average Bonchev–Trinajstić information content (AvgIpc) is 1.68. The van der Waals surface area contributed by atoms with Gasteiger partial charge in [-0.1, -0.05) is 0 Å². The van der Waals surface area contributed by atoms with Crippen LogP contribution in [0.2, 0.25) is 0 Å². The Morgan fingerprint density at radius 3 is 2.43 bits per heavy atom. The third-order valence-corrected chi connectivity index (χ3v) is 0.625. The van der Waals surface area contributed by atoms with Gasteiger partial charge in [-0.05, 0) is 6.92 Å². The highest BCUT2D eigenvalue weighted by atomic mass is 16.5. The molecule has 0 radical (unpaired) electrons. The average molecular weight is 100 g/mol. The van der Waals surface area contributed by atoms with Gasteiger partial charge in [-0.25, -0.2) is 0 Å². The third-order valence-electron chi connectivity index (χ3n) is 0.625. The summed E-state index contributed by atoms with van der Waals surface area (Å²) >= 11 is 0. The van der Waals surface area contributed by atoms with Gasteiger partial charge in [0, 0.05) is 6.08 Å². The van der Waals surface area contributed by atoms with Crippen LogP contribution < -0.4 is 0 Å². The molecule has 0 aliphatic heterocycles. The number of carbonyl (C=O) groups is 1. The van der Waals surface area contributed by atoms with Crippen molar-refractivity contribution in [2.45, 2.75) is 6.92 Å². The van der Waals surface area contributed by atoms with Gasteiger partial charge in [-0.15, -0.1) is 0 Å². The van der Waals surface area contributed by atoms with E-state index in [1.165, 1.54) is 13.2 Å². The Balaban J connectivity index is 3.49. The monoisotopic (exact) mass is 100 g/mol. The number of allylic oxidation sites excluding steroid dienone is 2. The molecule has 0 bridgehead atoms. The predicted octanol–water partition coefficient (Wildman–Crippen LogP) is 0.736. The number of methoxy groups -OCH3 is 1. The molecule has 2 nitrogen and oxygen atoms in total. The fourth-order valence-corrected chi connectivity index (χ4v) is 0.164. The molecule has 0 amide bonds. The minimum atomic E-state index is 0.634. The SMILES string of the molecule is CO/C(C)=C\C=O. The van der Waals surface area contributed by atoms with Crippen LogP contribution in [0.15, 0.2) is 11.8 Å². The van der Waals surface area contributed by atoms with Gasteiger partial charge in [0.25, 0.3) is 0 Å². The normalized spacial score (nSPS) is 10.9. The van der Waals surface area contributed by atoms with Crippen LogP contribution in [0, 0.1) is 0 Å². The Hall–Kier alpha value is -0.790. The second-order valence-corrected chi connectivity index (χ2v) is 1.12. The summed E-state index contributed by atoms with van der Waals surface area (Å²) in [6.07, 6.45) is 2.05. The molecule has 40 valence electrons. The van der Waals surface area contributed by atoms with Gasteiger partial charge in [0.15, 0.2) is 0 Å². The first-order valence-electron chi connectivity index (χ1n) is 1.97. The molecular formula is C5H8O2. The van der Waals surface area contributed by atoms with Gasteiger partial charge in [0.05, 0.1) is 12.9 Å². The number of hydrogen-bond acceptors (Lipinski definition) is 2. The quantitative estimate of drug-likeness (QED) is 0.290. The maximum absolute atomic E-state index is 9.62. The summed E-state index contributed by atoms with van der Waals surface area (Å²) in [4.78, 5) is 9.62.